The first-order valence-corrected chi connectivity index (χ1v) is 10.1. The molecule has 0 saturated heterocycles. The molecule has 28 heavy (non-hydrogen) atoms. The molecule has 2 aromatic carbocycles. The van der Waals surface area contributed by atoms with Crippen LogP contribution < -0.4 is 4.74 Å². The second-order valence-electron chi connectivity index (χ2n) is 6.30. The third-order valence-corrected chi connectivity index (χ3v) is 6.22. The molecule has 0 amide bonds. The van der Waals surface area contributed by atoms with Crippen LogP contribution in [-0.4, -0.2) is 27.9 Å². The molecular formula is C21H18ClN4OP. The fourth-order valence-corrected chi connectivity index (χ4v) is 4.42. The highest BCUT2D eigenvalue weighted by atomic mass is 35.5. The zero-order chi connectivity index (χ0) is 19.5. The Morgan fingerprint density at radius 3 is 2.82 bits per heavy atom. The number of aromatic nitrogens is 1. The van der Waals surface area contributed by atoms with Crippen LogP contribution >= 0.6 is 20.3 Å². The number of allylic oxidation sites excluding steroid dienone is 1. The van der Waals surface area contributed by atoms with Crippen LogP contribution in [0.15, 0.2) is 72.9 Å². The van der Waals surface area contributed by atoms with E-state index in [2.05, 4.69) is 17.1 Å². The molecule has 1 aliphatic heterocycles. The van der Waals surface area contributed by atoms with Gasteiger partial charge in [-0.2, -0.15) is 0 Å². The highest BCUT2D eigenvalue weighted by Gasteiger charge is 2.23. The molecule has 0 radical (unpaired) electrons. The van der Waals surface area contributed by atoms with E-state index in [4.69, 9.17) is 27.2 Å². The average Bonchev–Trinajstić information content (AvgIpc) is 2.72. The van der Waals surface area contributed by atoms with Crippen LogP contribution in [0.2, 0.25) is 5.02 Å². The number of fused-ring (bicyclic) bond motifs is 1. The van der Waals surface area contributed by atoms with Gasteiger partial charge in [-0.3, -0.25) is 20.5 Å². The minimum atomic E-state index is 0.0759. The molecule has 1 aromatic heterocycles. The minimum Gasteiger partial charge on any atom is -0.485 e. The molecule has 0 saturated carbocycles. The van der Waals surface area contributed by atoms with Gasteiger partial charge in [-0.1, -0.05) is 48.0 Å². The van der Waals surface area contributed by atoms with E-state index in [-0.39, 0.29) is 26.8 Å². The zero-order valence-electron chi connectivity index (χ0n) is 14.9. The van der Waals surface area contributed by atoms with Crippen molar-refractivity contribution in [3.05, 3.63) is 83.5 Å². The van der Waals surface area contributed by atoms with E-state index in [1.807, 2.05) is 30.3 Å². The predicted octanol–water partition coefficient (Wildman–Crippen LogP) is 5.43. The van der Waals surface area contributed by atoms with Gasteiger partial charge >= 0.3 is 0 Å². The standard InChI is InChI=1S/C21H18ClN4OP/c22-15-6-7-16-17(12-15)25-11-10-18(16)27-13-21(24)26-20(23)9-8-19(28-26)14-4-2-1-3-5-14/h1-12,19,23-24,28H,13H2. The van der Waals surface area contributed by atoms with E-state index >= 15 is 0 Å². The third kappa shape index (κ3) is 3.91. The maximum absolute atomic E-state index is 8.45. The lowest BCUT2D eigenvalue weighted by Crippen LogP contribution is -2.34. The van der Waals surface area contributed by atoms with Crippen molar-refractivity contribution in [3.8, 4) is 5.75 Å². The summed E-state index contributed by atoms with van der Waals surface area (Å²) in [7, 11) is 0.257. The molecule has 2 N–H and O–H groups in total. The number of hydrogen-bond donors (Lipinski definition) is 2. The number of pyridine rings is 1. The summed E-state index contributed by atoms with van der Waals surface area (Å²) in [6, 6.07) is 17.4. The molecule has 2 atom stereocenters. The van der Waals surface area contributed by atoms with Crippen molar-refractivity contribution in [2.24, 2.45) is 0 Å². The second kappa shape index (κ2) is 8.09. The van der Waals surface area contributed by atoms with Crippen LogP contribution in [-0.2, 0) is 0 Å². The number of nitrogens with one attached hydrogen (secondary N) is 2. The summed E-state index contributed by atoms with van der Waals surface area (Å²) in [4.78, 5) is 4.30. The van der Waals surface area contributed by atoms with E-state index in [1.54, 1.807) is 35.1 Å². The molecule has 140 valence electrons. The smallest absolute Gasteiger partial charge is 0.146 e. The quantitative estimate of drug-likeness (QED) is 0.343. The monoisotopic (exact) mass is 408 g/mol. The number of hydrogen-bond acceptors (Lipinski definition) is 4. The molecule has 2 heterocycles. The molecule has 2 unspecified atom stereocenters. The van der Waals surface area contributed by atoms with E-state index in [0.717, 1.165) is 10.9 Å². The van der Waals surface area contributed by atoms with Crippen molar-refractivity contribution in [3.63, 3.8) is 0 Å². The second-order valence-corrected chi connectivity index (χ2v) is 8.07. The van der Waals surface area contributed by atoms with Gasteiger partial charge in [0.15, 0.2) is 0 Å². The number of rotatable bonds is 4. The third-order valence-electron chi connectivity index (χ3n) is 4.41. The van der Waals surface area contributed by atoms with Gasteiger partial charge in [0.05, 0.1) is 5.52 Å². The number of amidine groups is 2. The lowest BCUT2D eigenvalue weighted by atomic mass is 10.1. The number of benzene rings is 2. The van der Waals surface area contributed by atoms with E-state index < -0.39 is 0 Å². The highest BCUT2D eigenvalue weighted by Crippen LogP contribution is 2.42. The van der Waals surface area contributed by atoms with E-state index in [9.17, 15) is 0 Å². The van der Waals surface area contributed by atoms with E-state index in [1.165, 1.54) is 5.56 Å². The van der Waals surface area contributed by atoms with Crippen LogP contribution in [0.4, 0.5) is 0 Å². The molecule has 0 aliphatic carbocycles. The topological polar surface area (TPSA) is 73.1 Å². The molecule has 0 bridgehead atoms. The van der Waals surface area contributed by atoms with Crippen molar-refractivity contribution in [1.29, 1.82) is 10.8 Å². The molecule has 3 aromatic rings. The van der Waals surface area contributed by atoms with Gasteiger partial charge in [0.2, 0.25) is 0 Å². The maximum Gasteiger partial charge on any atom is 0.146 e. The van der Waals surface area contributed by atoms with Gasteiger partial charge in [0.1, 0.15) is 24.0 Å². The average molecular weight is 409 g/mol. The highest BCUT2D eigenvalue weighted by molar-refractivity contribution is 7.38. The van der Waals surface area contributed by atoms with Crippen molar-refractivity contribution in [2.45, 2.75) is 5.66 Å². The minimum absolute atomic E-state index is 0.0759. The van der Waals surface area contributed by atoms with Crippen molar-refractivity contribution >= 4 is 42.9 Å². The van der Waals surface area contributed by atoms with Crippen molar-refractivity contribution in [1.82, 2.24) is 9.65 Å². The van der Waals surface area contributed by atoms with Crippen LogP contribution in [0.3, 0.4) is 0 Å². The normalized spacial score (nSPS) is 17.2. The fourth-order valence-electron chi connectivity index (χ4n) is 3.01. The Morgan fingerprint density at radius 2 is 2.00 bits per heavy atom. The summed E-state index contributed by atoms with van der Waals surface area (Å²) < 4.78 is 7.60. The molecule has 7 heteroatoms. The Balaban J connectivity index is 1.48. The van der Waals surface area contributed by atoms with Crippen LogP contribution in [0.25, 0.3) is 10.9 Å². The van der Waals surface area contributed by atoms with E-state index in [0.29, 0.717) is 16.6 Å². The van der Waals surface area contributed by atoms with Crippen LogP contribution in [0, 0.1) is 10.8 Å². The van der Waals surface area contributed by atoms with Gasteiger partial charge < -0.3 is 4.74 Å². The molecule has 5 nitrogen and oxygen atoms in total. The summed E-state index contributed by atoms with van der Waals surface area (Å²) >= 11 is 6.03. The first-order valence-electron chi connectivity index (χ1n) is 8.74. The Kier molecular flexibility index (Phi) is 5.38. The number of halogens is 1. The van der Waals surface area contributed by atoms with Crippen LogP contribution in [0.1, 0.15) is 11.2 Å². The van der Waals surface area contributed by atoms with Gasteiger partial charge in [-0.25, -0.2) is 0 Å². The lowest BCUT2D eigenvalue weighted by Gasteiger charge is -2.31. The van der Waals surface area contributed by atoms with Gasteiger partial charge in [-0.05, 0) is 44.6 Å². The van der Waals surface area contributed by atoms with Gasteiger partial charge in [0, 0.05) is 22.3 Å². The predicted molar refractivity (Wildman–Crippen MR) is 116 cm³/mol. The largest absolute Gasteiger partial charge is 0.485 e. The summed E-state index contributed by atoms with van der Waals surface area (Å²) in [6.07, 6.45) is 5.45. The molecule has 1 aliphatic rings. The molecule has 0 spiro atoms. The summed E-state index contributed by atoms with van der Waals surface area (Å²) in [6.45, 7) is 0.0759. The SMILES string of the molecule is N=C1C=CC(c2ccccc2)PN1C(=N)COc1ccnc2cc(Cl)ccc12. The summed E-state index contributed by atoms with van der Waals surface area (Å²) in [5.41, 5.74) is 2.09. The number of nitrogens with zero attached hydrogens (tertiary/aromatic N) is 2. The Hall–Kier alpha value is -2.75. The first-order chi connectivity index (χ1) is 13.6. The summed E-state index contributed by atoms with van der Waals surface area (Å²) in [5, 5.41) is 18.1. The molecule has 0 fully saturated rings. The Labute approximate surface area is 169 Å². The van der Waals surface area contributed by atoms with Crippen molar-refractivity contribution < 1.29 is 4.74 Å². The molecular weight excluding hydrogens is 391 g/mol. The van der Waals surface area contributed by atoms with Crippen molar-refractivity contribution in [2.75, 3.05) is 6.61 Å². The fraction of sp³-hybridized carbons (Fsp3) is 0.0952. The van der Waals surface area contributed by atoms with Gasteiger partial charge in [-0.15, -0.1) is 0 Å². The lowest BCUT2D eigenvalue weighted by molar-refractivity contribution is 0.373. The van der Waals surface area contributed by atoms with Crippen LogP contribution in [0.5, 0.6) is 5.75 Å². The molecule has 4 rings (SSSR count). The Morgan fingerprint density at radius 1 is 1.18 bits per heavy atom. The maximum atomic E-state index is 8.45. The Bertz CT molecular complexity index is 1070. The first kappa shape index (κ1) is 18.6. The van der Waals surface area contributed by atoms with Gasteiger partial charge in [0.25, 0.3) is 0 Å². The number of ether oxygens (including phenoxy) is 1. The zero-order valence-corrected chi connectivity index (χ0v) is 16.6. The summed E-state index contributed by atoms with van der Waals surface area (Å²) in [5.74, 6) is 1.21.